The van der Waals surface area contributed by atoms with Crippen molar-refractivity contribution in [2.45, 2.75) is 25.9 Å². The summed E-state index contributed by atoms with van der Waals surface area (Å²) >= 11 is 0. The molecular weight excluding hydrogens is 178 g/mol. The molecule has 3 heteroatoms. The summed E-state index contributed by atoms with van der Waals surface area (Å²) in [5, 5.41) is 12.3. The van der Waals surface area contributed by atoms with Crippen LogP contribution in [0.4, 0.5) is 5.69 Å². The minimum atomic E-state index is -0.997. The molecular formula is C11H13NO2. The molecule has 0 aliphatic carbocycles. The molecule has 3 nitrogen and oxygen atoms in total. The van der Waals surface area contributed by atoms with Crippen molar-refractivity contribution in [1.82, 2.24) is 0 Å². The van der Waals surface area contributed by atoms with E-state index in [4.69, 9.17) is 0 Å². The van der Waals surface area contributed by atoms with Crippen LogP contribution < -0.4 is 5.32 Å². The highest BCUT2D eigenvalue weighted by atomic mass is 16.3. The quantitative estimate of drug-likeness (QED) is 0.711. The van der Waals surface area contributed by atoms with E-state index in [0.717, 1.165) is 11.3 Å². The van der Waals surface area contributed by atoms with E-state index >= 15 is 0 Å². The number of carbonyl (C=O) groups excluding carboxylic acids is 1. The van der Waals surface area contributed by atoms with E-state index in [1.54, 1.807) is 6.07 Å². The van der Waals surface area contributed by atoms with E-state index < -0.39 is 6.10 Å². The van der Waals surface area contributed by atoms with E-state index in [-0.39, 0.29) is 5.91 Å². The number of rotatable bonds is 1. The van der Waals surface area contributed by atoms with Gasteiger partial charge in [-0.3, -0.25) is 4.79 Å². The molecule has 0 radical (unpaired) electrons. The van der Waals surface area contributed by atoms with Crippen LogP contribution in [0, 0.1) is 0 Å². The van der Waals surface area contributed by atoms with Gasteiger partial charge >= 0.3 is 0 Å². The number of amides is 1. The second-order valence-corrected chi connectivity index (χ2v) is 3.86. The van der Waals surface area contributed by atoms with Gasteiger partial charge in [0.25, 0.3) is 5.91 Å². The Hall–Kier alpha value is -1.35. The first-order chi connectivity index (χ1) is 6.61. The molecule has 1 amide bonds. The van der Waals surface area contributed by atoms with Gasteiger partial charge < -0.3 is 10.4 Å². The van der Waals surface area contributed by atoms with Crippen molar-refractivity contribution in [2.75, 3.05) is 5.32 Å². The molecule has 1 atom stereocenters. The second kappa shape index (κ2) is 3.10. The fourth-order valence-corrected chi connectivity index (χ4v) is 1.77. The zero-order valence-corrected chi connectivity index (χ0v) is 8.24. The smallest absolute Gasteiger partial charge is 0.257 e. The van der Waals surface area contributed by atoms with E-state index in [9.17, 15) is 9.90 Å². The molecule has 0 bridgehead atoms. The molecule has 2 rings (SSSR count). The number of aliphatic hydroxyl groups excluding tert-OH is 1. The fraction of sp³-hybridized carbons (Fsp3) is 0.364. The zero-order valence-electron chi connectivity index (χ0n) is 8.24. The molecule has 1 aliphatic rings. The second-order valence-electron chi connectivity index (χ2n) is 3.86. The van der Waals surface area contributed by atoms with Crippen LogP contribution in [0.5, 0.6) is 0 Å². The van der Waals surface area contributed by atoms with Crippen molar-refractivity contribution < 1.29 is 9.90 Å². The van der Waals surface area contributed by atoms with Gasteiger partial charge in [0, 0.05) is 5.56 Å². The molecule has 0 saturated carbocycles. The maximum Gasteiger partial charge on any atom is 0.257 e. The number of fused-ring (bicyclic) bond motifs is 1. The Bertz CT molecular complexity index is 385. The van der Waals surface area contributed by atoms with Crippen LogP contribution in [0.15, 0.2) is 18.2 Å². The molecule has 1 aromatic rings. The molecule has 0 saturated heterocycles. The summed E-state index contributed by atoms with van der Waals surface area (Å²) < 4.78 is 0. The monoisotopic (exact) mass is 191 g/mol. The normalized spacial score (nSPS) is 19.7. The summed E-state index contributed by atoms with van der Waals surface area (Å²) in [7, 11) is 0. The van der Waals surface area contributed by atoms with Crippen LogP contribution in [-0.2, 0) is 4.79 Å². The lowest BCUT2D eigenvalue weighted by atomic mass is 9.98. The number of para-hydroxylation sites is 1. The van der Waals surface area contributed by atoms with Gasteiger partial charge in [0.05, 0.1) is 5.69 Å². The summed E-state index contributed by atoms with van der Waals surface area (Å²) in [4.78, 5) is 11.2. The Balaban J connectivity index is 2.55. The summed E-state index contributed by atoms with van der Waals surface area (Å²) in [6.45, 7) is 4.12. The standard InChI is InChI=1S/C11H13NO2/c1-6(2)7-4-3-5-8-9(7)12-11(14)10(8)13/h3-6,10,13H,1-2H3,(H,12,14). The number of benzene rings is 1. The molecule has 1 aromatic carbocycles. The zero-order chi connectivity index (χ0) is 10.3. The molecule has 1 heterocycles. The molecule has 14 heavy (non-hydrogen) atoms. The lowest BCUT2D eigenvalue weighted by molar-refractivity contribution is -0.123. The minimum absolute atomic E-state index is 0.326. The third-order valence-corrected chi connectivity index (χ3v) is 2.54. The van der Waals surface area contributed by atoms with Crippen molar-refractivity contribution in [2.24, 2.45) is 0 Å². The highest BCUT2D eigenvalue weighted by molar-refractivity contribution is 6.02. The molecule has 2 N–H and O–H groups in total. The summed E-state index contributed by atoms with van der Waals surface area (Å²) in [5.41, 5.74) is 2.56. The summed E-state index contributed by atoms with van der Waals surface area (Å²) in [5.74, 6) is 0.0173. The average molecular weight is 191 g/mol. The first-order valence-electron chi connectivity index (χ1n) is 4.73. The lowest BCUT2D eigenvalue weighted by Gasteiger charge is -2.10. The van der Waals surface area contributed by atoms with Crippen LogP contribution in [0.2, 0.25) is 0 Å². The average Bonchev–Trinajstić information content (AvgIpc) is 2.43. The predicted octanol–water partition coefficient (Wildman–Crippen LogP) is 1.80. The fourth-order valence-electron chi connectivity index (χ4n) is 1.77. The number of anilines is 1. The maximum atomic E-state index is 11.2. The van der Waals surface area contributed by atoms with Gasteiger partial charge in [-0.1, -0.05) is 32.0 Å². The third-order valence-electron chi connectivity index (χ3n) is 2.54. The van der Waals surface area contributed by atoms with E-state index in [1.807, 2.05) is 12.1 Å². The van der Waals surface area contributed by atoms with Gasteiger partial charge in [-0.2, -0.15) is 0 Å². The first-order valence-corrected chi connectivity index (χ1v) is 4.73. The topological polar surface area (TPSA) is 49.3 Å². The van der Waals surface area contributed by atoms with Gasteiger partial charge in [0.1, 0.15) is 0 Å². The predicted molar refractivity (Wildman–Crippen MR) is 54.1 cm³/mol. The van der Waals surface area contributed by atoms with E-state index in [2.05, 4.69) is 19.2 Å². The van der Waals surface area contributed by atoms with Crippen LogP contribution in [0.25, 0.3) is 0 Å². The molecule has 0 aromatic heterocycles. The van der Waals surface area contributed by atoms with Crippen LogP contribution in [-0.4, -0.2) is 11.0 Å². The maximum absolute atomic E-state index is 11.2. The van der Waals surface area contributed by atoms with Crippen molar-refractivity contribution in [3.05, 3.63) is 29.3 Å². The Labute approximate surface area is 82.8 Å². The van der Waals surface area contributed by atoms with Crippen molar-refractivity contribution in [3.63, 3.8) is 0 Å². The van der Waals surface area contributed by atoms with Gasteiger partial charge in [0.2, 0.25) is 0 Å². The highest BCUT2D eigenvalue weighted by Gasteiger charge is 2.30. The van der Waals surface area contributed by atoms with Crippen LogP contribution >= 0.6 is 0 Å². The highest BCUT2D eigenvalue weighted by Crippen LogP contribution is 2.36. The van der Waals surface area contributed by atoms with Gasteiger partial charge in [-0.15, -0.1) is 0 Å². The third kappa shape index (κ3) is 1.21. The van der Waals surface area contributed by atoms with Crippen molar-refractivity contribution >= 4 is 11.6 Å². The number of nitrogens with one attached hydrogen (secondary N) is 1. The van der Waals surface area contributed by atoms with Gasteiger partial charge in [-0.25, -0.2) is 0 Å². The lowest BCUT2D eigenvalue weighted by Crippen LogP contribution is -2.11. The van der Waals surface area contributed by atoms with Crippen LogP contribution in [0.1, 0.15) is 37.0 Å². The Morgan fingerprint density at radius 3 is 2.79 bits per heavy atom. The van der Waals surface area contributed by atoms with Crippen molar-refractivity contribution in [1.29, 1.82) is 0 Å². The number of hydrogen-bond acceptors (Lipinski definition) is 2. The SMILES string of the molecule is CC(C)c1cccc2c1NC(=O)C2O. The van der Waals surface area contributed by atoms with E-state index in [0.29, 0.717) is 11.5 Å². The first kappa shape index (κ1) is 9.21. The molecule has 0 spiro atoms. The number of hydrogen-bond donors (Lipinski definition) is 2. The number of aliphatic hydroxyl groups is 1. The number of carbonyl (C=O) groups is 1. The van der Waals surface area contributed by atoms with Gasteiger partial charge in [0.15, 0.2) is 6.10 Å². The molecule has 1 unspecified atom stereocenters. The molecule has 0 fully saturated rings. The molecule has 1 aliphatic heterocycles. The Kier molecular flexibility index (Phi) is 2.04. The molecule has 74 valence electrons. The van der Waals surface area contributed by atoms with Crippen molar-refractivity contribution in [3.8, 4) is 0 Å². The Morgan fingerprint density at radius 2 is 2.14 bits per heavy atom. The van der Waals surface area contributed by atoms with Crippen LogP contribution in [0.3, 0.4) is 0 Å². The van der Waals surface area contributed by atoms with E-state index in [1.165, 1.54) is 0 Å². The van der Waals surface area contributed by atoms with Gasteiger partial charge in [-0.05, 0) is 11.5 Å². The largest absolute Gasteiger partial charge is 0.378 e. The summed E-state index contributed by atoms with van der Waals surface area (Å²) in [6.07, 6.45) is -0.997. The minimum Gasteiger partial charge on any atom is -0.378 e. The Morgan fingerprint density at radius 1 is 1.43 bits per heavy atom. The summed E-state index contributed by atoms with van der Waals surface area (Å²) in [6, 6.07) is 5.63.